The summed E-state index contributed by atoms with van der Waals surface area (Å²) < 4.78 is 42.2. The quantitative estimate of drug-likeness (QED) is 0.311. The summed E-state index contributed by atoms with van der Waals surface area (Å²) in [5.41, 5.74) is 2.11. The molecule has 1 atom stereocenters. The molecule has 1 heterocycles. The maximum absolute atomic E-state index is 12.7. The molecule has 5 aromatic rings. The molecular weight excluding hydrogens is 437 g/mol. The van der Waals surface area contributed by atoms with Crippen LogP contribution in [0, 0.1) is 0 Å². The van der Waals surface area contributed by atoms with Gasteiger partial charge >= 0.3 is 6.36 Å². The molecule has 0 unspecified atom stereocenters. The van der Waals surface area contributed by atoms with Crippen LogP contribution < -0.4 is 10.1 Å². The van der Waals surface area contributed by atoms with Crippen molar-refractivity contribution < 1.29 is 17.9 Å². The summed E-state index contributed by atoms with van der Waals surface area (Å²) in [6, 6.07) is 25.6. The molecule has 6 rings (SSSR count). The van der Waals surface area contributed by atoms with Gasteiger partial charge in [-0.15, -0.1) is 13.2 Å². The highest BCUT2D eigenvalue weighted by Crippen LogP contribution is 2.41. The summed E-state index contributed by atoms with van der Waals surface area (Å²) in [5, 5.41) is 10.7. The molecule has 0 bridgehead atoms. The van der Waals surface area contributed by atoms with Crippen LogP contribution in [0.4, 0.5) is 13.2 Å². The van der Waals surface area contributed by atoms with Crippen molar-refractivity contribution in [1.29, 1.82) is 0 Å². The zero-order valence-electron chi connectivity index (χ0n) is 18.4. The van der Waals surface area contributed by atoms with E-state index in [9.17, 15) is 13.2 Å². The molecule has 0 amide bonds. The molecule has 1 N–H and O–H groups in total. The molecule has 1 saturated heterocycles. The number of nitrogens with zero attached hydrogens (tertiary/aromatic N) is 1. The number of ether oxygens (including phenoxy) is 1. The van der Waals surface area contributed by atoms with Crippen molar-refractivity contribution in [2.45, 2.75) is 12.4 Å². The molecule has 5 aromatic carbocycles. The molecule has 0 aromatic heterocycles. The largest absolute Gasteiger partial charge is 0.573 e. The van der Waals surface area contributed by atoms with Crippen molar-refractivity contribution in [1.82, 2.24) is 10.2 Å². The molecule has 1 aliphatic heterocycles. The Kier molecular flexibility index (Phi) is 5.08. The van der Waals surface area contributed by atoms with Gasteiger partial charge in [0, 0.05) is 26.2 Å². The third-order valence-electron chi connectivity index (χ3n) is 6.80. The van der Waals surface area contributed by atoms with Gasteiger partial charge in [-0.1, -0.05) is 66.7 Å². The Bertz CT molecular complexity index is 1440. The first-order chi connectivity index (χ1) is 16.5. The number of halogens is 3. The SMILES string of the molecule is FC(F)(F)Oc1ccc([C@H](c2ccc3ccc4cccc5ccc2c3c45)N2CCNCC2)cc1. The van der Waals surface area contributed by atoms with Gasteiger partial charge in [0.15, 0.2) is 0 Å². The van der Waals surface area contributed by atoms with Crippen LogP contribution in [0.3, 0.4) is 0 Å². The first kappa shape index (κ1) is 21.2. The second-order valence-corrected chi connectivity index (χ2v) is 8.82. The second kappa shape index (κ2) is 8.15. The first-order valence-corrected chi connectivity index (χ1v) is 11.4. The van der Waals surface area contributed by atoms with Crippen LogP contribution in [0.5, 0.6) is 5.75 Å². The van der Waals surface area contributed by atoms with Crippen LogP contribution in [-0.2, 0) is 0 Å². The molecule has 0 saturated carbocycles. The zero-order chi connectivity index (χ0) is 23.3. The van der Waals surface area contributed by atoms with Gasteiger partial charge in [0.25, 0.3) is 0 Å². The third-order valence-corrected chi connectivity index (χ3v) is 6.80. The minimum atomic E-state index is -4.70. The Balaban J connectivity index is 1.53. The van der Waals surface area contributed by atoms with E-state index in [1.807, 2.05) is 0 Å². The van der Waals surface area contributed by atoms with E-state index in [0.717, 1.165) is 37.3 Å². The lowest BCUT2D eigenvalue weighted by Gasteiger charge is -2.36. The molecule has 3 nitrogen and oxygen atoms in total. The van der Waals surface area contributed by atoms with Gasteiger partial charge in [0.05, 0.1) is 6.04 Å². The van der Waals surface area contributed by atoms with Crippen LogP contribution in [0.25, 0.3) is 32.3 Å². The van der Waals surface area contributed by atoms with Crippen LogP contribution in [0.2, 0.25) is 0 Å². The van der Waals surface area contributed by atoms with E-state index in [4.69, 9.17) is 0 Å². The molecular formula is C28H23F3N2O. The topological polar surface area (TPSA) is 24.5 Å². The Morgan fingerprint density at radius 2 is 1.35 bits per heavy atom. The molecule has 6 heteroatoms. The van der Waals surface area contributed by atoms with Gasteiger partial charge < -0.3 is 10.1 Å². The third kappa shape index (κ3) is 3.73. The molecule has 1 aliphatic rings. The summed E-state index contributed by atoms with van der Waals surface area (Å²) in [7, 11) is 0. The van der Waals surface area contributed by atoms with Crippen molar-refractivity contribution in [3.05, 3.63) is 90.0 Å². The van der Waals surface area contributed by atoms with Gasteiger partial charge in [-0.3, -0.25) is 4.90 Å². The fraction of sp³-hybridized carbons (Fsp3) is 0.214. The smallest absolute Gasteiger partial charge is 0.406 e. The fourth-order valence-electron chi connectivity index (χ4n) is 5.38. The number of benzene rings is 5. The van der Waals surface area contributed by atoms with Crippen molar-refractivity contribution in [3.8, 4) is 5.75 Å². The normalized spacial score (nSPS) is 16.4. The van der Waals surface area contributed by atoms with Gasteiger partial charge in [-0.05, 0) is 55.6 Å². The summed E-state index contributed by atoms with van der Waals surface area (Å²) in [4.78, 5) is 2.41. The minimum Gasteiger partial charge on any atom is -0.406 e. The zero-order valence-corrected chi connectivity index (χ0v) is 18.4. The van der Waals surface area contributed by atoms with E-state index in [-0.39, 0.29) is 11.8 Å². The molecule has 1 fully saturated rings. The summed E-state index contributed by atoms with van der Waals surface area (Å²) in [6.45, 7) is 3.45. The minimum absolute atomic E-state index is 0.0772. The maximum atomic E-state index is 12.7. The predicted molar refractivity (Wildman–Crippen MR) is 130 cm³/mol. The Morgan fingerprint density at radius 1 is 0.735 bits per heavy atom. The number of alkyl halides is 3. The maximum Gasteiger partial charge on any atom is 0.573 e. The van der Waals surface area contributed by atoms with Crippen LogP contribution >= 0.6 is 0 Å². The summed E-state index contributed by atoms with van der Waals surface area (Å²) >= 11 is 0. The highest BCUT2D eigenvalue weighted by molar-refractivity contribution is 6.23. The average Bonchev–Trinajstić information content (AvgIpc) is 2.84. The lowest BCUT2D eigenvalue weighted by atomic mass is 9.87. The van der Waals surface area contributed by atoms with E-state index >= 15 is 0 Å². The molecule has 172 valence electrons. The lowest BCUT2D eigenvalue weighted by Crippen LogP contribution is -2.45. The van der Waals surface area contributed by atoms with Crippen LogP contribution in [0.15, 0.2) is 78.9 Å². The van der Waals surface area contributed by atoms with E-state index in [1.165, 1.54) is 44.5 Å². The number of nitrogens with one attached hydrogen (secondary N) is 1. The summed E-state index contributed by atoms with van der Waals surface area (Å²) in [5.74, 6) is -0.203. The number of piperazine rings is 1. The molecule has 34 heavy (non-hydrogen) atoms. The van der Waals surface area contributed by atoms with E-state index in [0.29, 0.717) is 0 Å². The number of hydrogen-bond donors (Lipinski definition) is 1. The predicted octanol–water partition coefficient (Wildman–Crippen LogP) is 6.48. The monoisotopic (exact) mass is 460 g/mol. The standard InChI is InChI=1S/C28H23F3N2O/c29-28(30,31)34-22-10-6-21(7-11-22)27(33-16-14-32-15-17-33)24-13-9-20-5-4-18-2-1-3-19-8-12-23(24)26(20)25(18)19/h1-13,27,32H,14-17H2/t27-/m1/s1. The van der Waals surface area contributed by atoms with Gasteiger partial charge in [-0.25, -0.2) is 0 Å². The van der Waals surface area contributed by atoms with Crippen molar-refractivity contribution >= 4 is 32.3 Å². The molecule has 0 radical (unpaired) electrons. The van der Waals surface area contributed by atoms with Crippen molar-refractivity contribution in [2.24, 2.45) is 0 Å². The highest BCUT2D eigenvalue weighted by atomic mass is 19.4. The highest BCUT2D eigenvalue weighted by Gasteiger charge is 2.31. The van der Waals surface area contributed by atoms with Crippen molar-refractivity contribution in [3.63, 3.8) is 0 Å². The summed E-state index contributed by atoms with van der Waals surface area (Å²) in [6.07, 6.45) is -4.70. The van der Waals surface area contributed by atoms with E-state index < -0.39 is 6.36 Å². The van der Waals surface area contributed by atoms with Crippen molar-refractivity contribution in [2.75, 3.05) is 26.2 Å². The van der Waals surface area contributed by atoms with Gasteiger partial charge in [0.1, 0.15) is 5.75 Å². The second-order valence-electron chi connectivity index (χ2n) is 8.82. The Morgan fingerprint density at radius 3 is 2.03 bits per heavy atom. The van der Waals surface area contributed by atoms with Gasteiger partial charge in [-0.2, -0.15) is 0 Å². The van der Waals surface area contributed by atoms with Crippen LogP contribution in [-0.4, -0.2) is 37.4 Å². The molecule has 0 aliphatic carbocycles. The van der Waals surface area contributed by atoms with E-state index in [2.05, 4.69) is 69.6 Å². The Labute approximate surface area is 195 Å². The van der Waals surface area contributed by atoms with E-state index in [1.54, 1.807) is 12.1 Å². The van der Waals surface area contributed by atoms with Gasteiger partial charge in [0.2, 0.25) is 0 Å². The average molecular weight is 460 g/mol. The fourth-order valence-corrected chi connectivity index (χ4v) is 5.38. The number of hydrogen-bond acceptors (Lipinski definition) is 3. The van der Waals surface area contributed by atoms with Crippen LogP contribution in [0.1, 0.15) is 17.2 Å². The lowest BCUT2D eigenvalue weighted by molar-refractivity contribution is -0.274. The number of rotatable bonds is 4. The first-order valence-electron chi connectivity index (χ1n) is 11.4. The molecule has 0 spiro atoms. The Hall–Kier alpha value is -3.35.